The summed E-state index contributed by atoms with van der Waals surface area (Å²) >= 11 is 6.57. The highest BCUT2D eigenvalue weighted by atomic mass is 32.1. The molecule has 0 fully saturated rings. The first kappa shape index (κ1) is 12.0. The van der Waals surface area contributed by atoms with Gasteiger partial charge < -0.3 is 11.1 Å². The zero-order valence-corrected chi connectivity index (χ0v) is 11.1. The lowest BCUT2D eigenvalue weighted by atomic mass is 10.1. The van der Waals surface area contributed by atoms with E-state index in [0.29, 0.717) is 4.99 Å². The Balaban J connectivity index is 2.07. The van der Waals surface area contributed by atoms with Crippen molar-refractivity contribution in [2.75, 3.05) is 5.32 Å². The molecule has 0 aliphatic heterocycles. The second-order valence-electron chi connectivity index (χ2n) is 3.73. The van der Waals surface area contributed by atoms with Gasteiger partial charge in [-0.15, -0.1) is 11.3 Å². The maximum absolute atomic E-state index is 5.62. The second-order valence-corrected chi connectivity index (χ2v) is 4.89. The van der Waals surface area contributed by atoms with Gasteiger partial charge >= 0.3 is 0 Å². The standard InChI is InChI=1S/C12H13N3S2/c1-8-4-9(2-3-11(8)12(13)16)14-5-10-6-17-7-15-10/h2-4,6-7,14H,5H2,1H3,(H2,13,16). The Bertz CT molecular complexity index is 521. The van der Waals surface area contributed by atoms with Crippen LogP contribution >= 0.6 is 23.6 Å². The fourth-order valence-corrected chi connectivity index (χ4v) is 2.35. The third-order valence-electron chi connectivity index (χ3n) is 2.45. The van der Waals surface area contributed by atoms with E-state index in [2.05, 4.69) is 10.3 Å². The van der Waals surface area contributed by atoms with Crippen molar-refractivity contribution in [3.63, 3.8) is 0 Å². The minimum Gasteiger partial charge on any atom is -0.389 e. The molecular formula is C12H13N3S2. The number of thiocarbonyl (C=S) groups is 1. The van der Waals surface area contributed by atoms with Crippen molar-refractivity contribution >= 4 is 34.2 Å². The van der Waals surface area contributed by atoms with Gasteiger partial charge in [-0.2, -0.15) is 0 Å². The van der Waals surface area contributed by atoms with E-state index < -0.39 is 0 Å². The van der Waals surface area contributed by atoms with Crippen LogP contribution in [-0.4, -0.2) is 9.97 Å². The average molecular weight is 263 g/mol. The number of anilines is 1. The van der Waals surface area contributed by atoms with Crippen molar-refractivity contribution in [3.8, 4) is 0 Å². The summed E-state index contributed by atoms with van der Waals surface area (Å²) in [6.07, 6.45) is 0. The second kappa shape index (κ2) is 5.25. The summed E-state index contributed by atoms with van der Waals surface area (Å²) in [4.78, 5) is 4.65. The van der Waals surface area contributed by atoms with Crippen LogP contribution in [0.5, 0.6) is 0 Å². The van der Waals surface area contributed by atoms with E-state index >= 15 is 0 Å². The number of nitrogens with zero attached hydrogens (tertiary/aromatic N) is 1. The maximum Gasteiger partial charge on any atom is 0.104 e. The van der Waals surface area contributed by atoms with E-state index in [4.69, 9.17) is 18.0 Å². The summed E-state index contributed by atoms with van der Waals surface area (Å²) < 4.78 is 0. The van der Waals surface area contributed by atoms with Gasteiger partial charge in [0.15, 0.2) is 0 Å². The minimum atomic E-state index is 0.438. The molecule has 88 valence electrons. The fourth-order valence-electron chi connectivity index (χ4n) is 1.57. The van der Waals surface area contributed by atoms with Crippen LogP contribution in [0.15, 0.2) is 29.1 Å². The van der Waals surface area contributed by atoms with E-state index in [1.165, 1.54) is 0 Å². The van der Waals surface area contributed by atoms with Crippen molar-refractivity contribution in [1.82, 2.24) is 4.98 Å². The molecular weight excluding hydrogens is 250 g/mol. The summed E-state index contributed by atoms with van der Waals surface area (Å²) in [7, 11) is 0. The van der Waals surface area contributed by atoms with E-state index in [1.54, 1.807) is 11.3 Å². The SMILES string of the molecule is Cc1cc(NCc2cscn2)ccc1C(N)=S. The number of rotatable bonds is 4. The molecule has 0 aliphatic carbocycles. The molecule has 1 aromatic carbocycles. The molecule has 0 saturated heterocycles. The van der Waals surface area contributed by atoms with Gasteiger partial charge in [0.1, 0.15) is 4.99 Å². The monoisotopic (exact) mass is 263 g/mol. The highest BCUT2D eigenvalue weighted by molar-refractivity contribution is 7.80. The lowest BCUT2D eigenvalue weighted by molar-refractivity contribution is 1.07. The number of nitrogens with one attached hydrogen (secondary N) is 1. The molecule has 0 radical (unpaired) electrons. The smallest absolute Gasteiger partial charge is 0.104 e. The number of aryl methyl sites for hydroxylation is 1. The Morgan fingerprint density at radius 2 is 2.35 bits per heavy atom. The summed E-state index contributed by atoms with van der Waals surface area (Å²) in [5, 5.41) is 5.35. The molecule has 0 aliphatic rings. The summed E-state index contributed by atoms with van der Waals surface area (Å²) in [6.45, 7) is 2.73. The highest BCUT2D eigenvalue weighted by Crippen LogP contribution is 2.16. The Hall–Kier alpha value is -1.46. The maximum atomic E-state index is 5.62. The Labute approximate surface area is 110 Å². The normalized spacial score (nSPS) is 10.2. The van der Waals surface area contributed by atoms with E-state index in [1.807, 2.05) is 36.0 Å². The molecule has 17 heavy (non-hydrogen) atoms. The zero-order chi connectivity index (χ0) is 12.3. The molecule has 5 heteroatoms. The fraction of sp³-hybridized carbons (Fsp3) is 0.167. The van der Waals surface area contributed by atoms with Crippen molar-refractivity contribution in [3.05, 3.63) is 45.9 Å². The lowest BCUT2D eigenvalue weighted by Crippen LogP contribution is -2.11. The topological polar surface area (TPSA) is 50.9 Å². The van der Waals surface area contributed by atoms with Crippen molar-refractivity contribution in [2.24, 2.45) is 5.73 Å². The van der Waals surface area contributed by atoms with Crippen LogP contribution in [0.4, 0.5) is 5.69 Å². The molecule has 0 atom stereocenters. The van der Waals surface area contributed by atoms with Crippen LogP contribution < -0.4 is 11.1 Å². The summed E-state index contributed by atoms with van der Waals surface area (Å²) in [6, 6.07) is 5.97. The van der Waals surface area contributed by atoms with Crippen molar-refractivity contribution in [2.45, 2.75) is 13.5 Å². The van der Waals surface area contributed by atoms with Gasteiger partial charge in [-0.25, -0.2) is 4.98 Å². The zero-order valence-electron chi connectivity index (χ0n) is 9.43. The Kier molecular flexibility index (Phi) is 3.71. The van der Waals surface area contributed by atoms with Gasteiger partial charge in [-0.05, 0) is 30.7 Å². The van der Waals surface area contributed by atoms with Crippen LogP contribution in [0.2, 0.25) is 0 Å². The predicted molar refractivity (Wildman–Crippen MR) is 76.5 cm³/mol. The van der Waals surface area contributed by atoms with Gasteiger partial charge in [0.05, 0.1) is 17.7 Å². The molecule has 2 rings (SSSR count). The van der Waals surface area contributed by atoms with Crippen LogP contribution in [0.3, 0.4) is 0 Å². The lowest BCUT2D eigenvalue weighted by Gasteiger charge is -2.08. The molecule has 0 bridgehead atoms. The van der Waals surface area contributed by atoms with E-state index in [9.17, 15) is 0 Å². The molecule has 3 N–H and O–H groups in total. The number of nitrogens with two attached hydrogens (primary N) is 1. The first-order valence-corrected chi connectivity index (χ1v) is 6.53. The Morgan fingerprint density at radius 1 is 1.53 bits per heavy atom. The van der Waals surface area contributed by atoms with E-state index in [0.717, 1.165) is 29.1 Å². The molecule has 2 aromatic rings. The summed E-state index contributed by atoms with van der Waals surface area (Å²) in [5.74, 6) is 0. The Morgan fingerprint density at radius 3 is 2.94 bits per heavy atom. The van der Waals surface area contributed by atoms with Crippen LogP contribution in [0.25, 0.3) is 0 Å². The largest absolute Gasteiger partial charge is 0.389 e. The van der Waals surface area contributed by atoms with Crippen LogP contribution in [0, 0.1) is 6.92 Å². The third-order valence-corrected chi connectivity index (χ3v) is 3.30. The average Bonchev–Trinajstić information content (AvgIpc) is 2.78. The highest BCUT2D eigenvalue weighted by Gasteiger charge is 2.02. The number of aromatic nitrogens is 1. The quantitative estimate of drug-likeness (QED) is 0.833. The summed E-state index contributed by atoms with van der Waals surface area (Å²) in [5.41, 5.74) is 11.6. The van der Waals surface area contributed by atoms with Crippen molar-refractivity contribution < 1.29 is 0 Å². The molecule has 0 amide bonds. The number of hydrogen-bond acceptors (Lipinski definition) is 4. The van der Waals surface area contributed by atoms with E-state index in [-0.39, 0.29) is 0 Å². The van der Waals surface area contributed by atoms with Gasteiger partial charge in [0.25, 0.3) is 0 Å². The number of thiazole rings is 1. The minimum absolute atomic E-state index is 0.438. The van der Waals surface area contributed by atoms with Crippen molar-refractivity contribution in [1.29, 1.82) is 0 Å². The molecule has 0 spiro atoms. The predicted octanol–water partition coefficient (Wildman–Crippen LogP) is 2.70. The van der Waals surface area contributed by atoms with Crippen LogP contribution in [-0.2, 0) is 6.54 Å². The molecule has 1 heterocycles. The van der Waals surface area contributed by atoms with Gasteiger partial charge in [0.2, 0.25) is 0 Å². The first-order valence-electron chi connectivity index (χ1n) is 5.18. The molecule has 3 nitrogen and oxygen atoms in total. The van der Waals surface area contributed by atoms with Crippen LogP contribution in [0.1, 0.15) is 16.8 Å². The first-order chi connectivity index (χ1) is 8.16. The van der Waals surface area contributed by atoms with Gasteiger partial charge in [-0.1, -0.05) is 12.2 Å². The molecule has 0 saturated carbocycles. The van der Waals surface area contributed by atoms with Gasteiger partial charge in [0, 0.05) is 16.6 Å². The molecule has 0 unspecified atom stereocenters. The number of benzene rings is 1. The molecule has 1 aromatic heterocycles. The number of hydrogen-bond donors (Lipinski definition) is 2. The van der Waals surface area contributed by atoms with Gasteiger partial charge in [-0.3, -0.25) is 0 Å². The third kappa shape index (κ3) is 3.01.